The third kappa shape index (κ3) is 7.01. The summed E-state index contributed by atoms with van der Waals surface area (Å²) < 4.78 is 5.55. The zero-order valence-corrected chi connectivity index (χ0v) is 20.8. The highest BCUT2D eigenvalue weighted by molar-refractivity contribution is 7.19. The molecule has 4 atom stereocenters. The molecule has 1 aliphatic heterocycles. The van der Waals surface area contributed by atoms with E-state index in [1.165, 1.54) is 18.4 Å². The minimum atomic E-state index is -1.10. The van der Waals surface area contributed by atoms with Crippen LogP contribution >= 0.6 is 9.24 Å². The standard InChI is InChI=1S/C24H37N2O5P/c1-5-24(11-6-7-12-26(4)15-24)17-9-8-10-18(13-17)31-20(27)14-19(32)22(28)25-21(16(2)3)23(29)30/h8-10,13,16,19,21H,5-7,11-12,14-15,32H2,1-4H3,(H,25,28)(H,29,30). The van der Waals surface area contributed by atoms with Gasteiger partial charge in [0.05, 0.1) is 12.1 Å². The number of benzene rings is 1. The summed E-state index contributed by atoms with van der Waals surface area (Å²) in [6, 6.07) is 6.70. The van der Waals surface area contributed by atoms with E-state index in [0.29, 0.717) is 5.75 Å². The highest BCUT2D eigenvalue weighted by Gasteiger charge is 2.33. The summed E-state index contributed by atoms with van der Waals surface area (Å²) in [5.74, 6) is -1.93. The summed E-state index contributed by atoms with van der Waals surface area (Å²) in [7, 11) is 4.45. The Hall–Kier alpha value is -1.98. The number of hydrogen-bond acceptors (Lipinski definition) is 5. The van der Waals surface area contributed by atoms with Crippen LogP contribution in [0.5, 0.6) is 5.75 Å². The van der Waals surface area contributed by atoms with Crippen LogP contribution in [0.3, 0.4) is 0 Å². The fraction of sp³-hybridized carbons (Fsp3) is 0.625. The average molecular weight is 465 g/mol. The Morgan fingerprint density at radius 2 is 2.00 bits per heavy atom. The zero-order valence-electron chi connectivity index (χ0n) is 19.6. The summed E-state index contributed by atoms with van der Waals surface area (Å²) in [4.78, 5) is 38.5. The first-order valence-electron chi connectivity index (χ1n) is 11.4. The number of ether oxygens (including phenoxy) is 1. The van der Waals surface area contributed by atoms with E-state index in [9.17, 15) is 19.5 Å². The van der Waals surface area contributed by atoms with Crippen molar-refractivity contribution in [1.29, 1.82) is 0 Å². The van der Waals surface area contributed by atoms with Crippen molar-refractivity contribution in [3.8, 4) is 5.75 Å². The number of carbonyl (C=O) groups excluding carboxylic acids is 2. The number of esters is 1. The van der Waals surface area contributed by atoms with E-state index in [2.05, 4.69) is 39.5 Å². The summed E-state index contributed by atoms with van der Waals surface area (Å²) in [6.07, 6.45) is 4.29. The van der Waals surface area contributed by atoms with Crippen molar-refractivity contribution in [2.24, 2.45) is 5.92 Å². The molecule has 4 unspecified atom stereocenters. The van der Waals surface area contributed by atoms with Crippen molar-refractivity contribution >= 4 is 27.1 Å². The number of likely N-dealkylation sites (N-methyl/N-ethyl adjacent to an activating group) is 1. The highest BCUT2D eigenvalue weighted by Crippen LogP contribution is 2.37. The Morgan fingerprint density at radius 3 is 2.62 bits per heavy atom. The molecule has 1 aromatic carbocycles. The number of carboxylic acid groups (broad SMARTS) is 1. The molecule has 0 spiro atoms. The lowest BCUT2D eigenvalue weighted by molar-refractivity contribution is -0.143. The summed E-state index contributed by atoms with van der Waals surface area (Å²) in [5, 5.41) is 11.7. The number of amides is 1. The maximum atomic E-state index is 12.5. The van der Waals surface area contributed by atoms with E-state index < -0.39 is 29.5 Å². The molecule has 7 nitrogen and oxygen atoms in total. The quantitative estimate of drug-likeness (QED) is 0.331. The van der Waals surface area contributed by atoms with Gasteiger partial charge in [-0.15, -0.1) is 9.24 Å². The largest absolute Gasteiger partial charge is 0.480 e. The minimum absolute atomic E-state index is 0.0272. The molecule has 1 fully saturated rings. The average Bonchev–Trinajstić information content (AvgIpc) is 2.93. The molecule has 1 aromatic rings. The maximum Gasteiger partial charge on any atom is 0.326 e. The van der Waals surface area contributed by atoms with E-state index >= 15 is 0 Å². The smallest absolute Gasteiger partial charge is 0.326 e. The Bertz CT molecular complexity index is 815. The van der Waals surface area contributed by atoms with Crippen LogP contribution in [0.1, 0.15) is 58.4 Å². The number of likely N-dealkylation sites (tertiary alicyclic amines) is 1. The van der Waals surface area contributed by atoms with Crippen LogP contribution in [0, 0.1) is 5.92 Å². The molecule has 2 N–H and O–H groups in total. The van der Waals surface area contributed by atoms with Crippen molar-refractivity contribution < 1.29 is 24.2 Å². The molecule has 1 amide bonds. The fourth-order valence-electron chi connectivity index (χ4n) is 4.36. The molecule has 0 saturated carbocycles. The molecule has 2 rings (SSSR count). The van der Waals surface area contributed by atoms with E-state index in [1.54, 1.807) is 19.9 Å². The summed E-state index contributed by atoms with van der Waals surface area (Å²) in [5.41, 5.74) is 0.420. The van der Waals surface area contributed by atoms with Gasteiger partial charge in [-0.1, -0.05) is 39.3 Å². The molecule has 1 heterocycles. The van der Waals surface area contributed by atoms with E-state index in [4.69, 9.17) is 4.74 Å². The van der Waals surface area contributed by atoms with Gasteiger partial charge >= 0.3 is 11.9 Å². The molecule has 0 aliphatic carbocycles. The summed E-state index contributed by atoms with van der Waals surface area (Å²) >= 11 is 0. The Balaban J connectivity index is 2.04. The molecule has 178 valence electrons. The van der Waals surface area contributed by atoms with Crippen LogP contribution in [-0.2, 0) is 19.8 Å². The van der Waals surface area contributed by atoms with Crippen LogP contribution in [0.15, 0.2) is 24.3 Å². The van der Waals surface area contributed by atoms with Gasteiger partial charge in [-0.25, -0.2) is 4.79 Å². The topological polar surface area (TPSA) is 95.9 Å². The van der Waals surface area contributed by atoms with E-state index in [0.717, 1.165) is 25.9 Å². The molecule has 32 heavy (non-hydrogen) atoms. The van der Waals surface area contributed by atoms with Crippen molar-refractivity contribution in [3.05, 3.63) is 29.8 Å². The fourth-order valence-corrected chi connectivity index (χ4v) is 4.65. The molecule has 0 radical (unpaired) electrons. The lowest BCUT2D eigenvalue weighted by Crippen LogP contribution is -2.47. The number of aliphatic carboxylic acids is 1. The molecule has 8 heteroatoms. The van der Waals surface area contributed by atoms with Gasteiger partial charge in [0.25, 0.3) is 0 Å². The molecular formula is C24H37N2O5P. The van der Waals surface area contributed by atoms with Gasteiger partial charge in [-0.3, -0.25) is 9.59 Å². The Labute approximate surface area is 193 Å². The number of nitrogens with zero attached hydrogens (tertiary/aromatic N) is 1. The van der Waals surface area contributed by atoms with Crippen molar-refractivity contribution in [2.75, 3.05) is 20.1 Å². The predicted molar refractivity (Wildman–Crippen MR) is 128 cm³/mol. The Morgan fingerprint density at radius 1 is 1.28 bits per heavy atom. The van der Waals surface area contributed by atoms with Gasteiger partial charge in [0.1, 0.15) is 11.8 Å². The normalized spacial score (nSPS) is 21.4. The molecular weight excluding hydrogens is 427 g/mol. The maximum absolute atomic E-state index is 12.5. The lowest BCUT2D eigenvalue weighted by atomic mass is 9.74. The van der Waals surface area contributed by atoms with E-state index in [1.807, 2.05) is 12.1 Å². The van der Waals surface area contributed by atoms with Gasteiger partial charge in [-0.05, 0) is 56.5 Å². The van der Waals surface area contributed by atoms with Gasteiger partial charge in [-0.2, -0.15) is 0 Å². The number of rotatable bonds is 9. The number of nitrogens with one attached hydrogen (secondary N) is 1. The number of carbonyl (C=O) groups is 3. The summed E-state index contributed by atoms with van der Waals surface area (Å²) in [6.45, 7) is 7.69. The van der Waals surface area contributed by atoms with Gasteiger partial charge in [0.2, 0.25) is 5.91 Å². The van der Waals surface area contributed by atoms with Crippen molar-refractivity contribution in [2.45, 2.75) is 70.0 Å². The zero-order chi connectivity index (χ0) is 23.9. The third-order valence-electron chi connectivity index (χ3n) is 6.33. The van der Waals surface area contributed by atoms with Gasteiger partial charge in [0, 0.05) is 12.0 Å². The second kappa shape index (κ2) is 11.8. The lowest BCUT2D eigenvalue weighted by Gasteiger charge is -2.35. The first-order valence-corrected chi connectivity index (χ1v) is 12.0. The minimum Gasteiger partial charge on any atom is -0.480 e. The first kappa shape index (κ1) is 26.3. The SMILES string of the molecule is CCC1(c2cccc(OC(=O)CC(P)C(=O)NC(C(=O)O)C(C)C)c2)CCCCN(C)C1. The number of hydrogen-bond donors (Lipinski definition) is 2. The van der Waals surface area contributed by atoms with Crippen LogP contribution < -0.4 is 10.1 Å². The molecule has 0 aromatic heterocycles. The van der Waals surface area contributed by atoms with Crippen LogP contribution in [-0.4, -0.2) is 59.7 Å². The highest BCUT2D eigenvalue weighted by atomic mass is 31.0. The predicted octanol–water partition coefficient (Wildman–Crippen LogP) is 3.21. The van der Waals surface area contributed by atoms with Gasteiger partial charge in [0.15, 0.2) is 0 Å². The molecule has 1 aliphatic rings. The van der Waals surface area contributed by atoms with Crippen LogP contribution in [0.25, 0.3) is 0 Å². The molecule has 0 bridgehead atoms. The number of carboxylic acids is 1. The van der Waals surface area contributed by atoms with Crippen molar-refractivity contribution in [3.63, 3.8) is 0 Å². The third-order valence-corrected chi connectivity index (χ3v) is 6.86. The van der Waals surface area contributed by atoms with E-state index in [-0.39, 0.29) is 17.8 Å². The van der Waals surface area contributed by atoms with Gasteiger partial charge < -0.3 is 20.1 Å². The monoisotopic (exact) mass is 464 g/mol. The second-order valence-electron chi connectivity index (χ2n) is 9.21. The van der Waals surface area contributed by atoms with Crippen molar-refractivity contribution in [1.82, 2.24) is 10.2 Å². The van der Waals surface area contributed by atoms with Crippen LogP contribution in [0.4, 0.5) is 0 Å². The first-order chi connectivity index (χ1) is 15.1. The Kier molecular flexibility index (Phi) is 9.65. The van der Waals surface area contributed by atoms with Crippen LogP contribution in [0.2, 0.25) is 0 Å². The second-order valence-corrected chi connectivity index (χ2v) is 10.0. The molecule has 1 saturated heterocycles.